The van der Waals surface area contributed by atoms with Gasteiger partial charge in [0.15, 0.2) is 0 Å². The van der Waals surface area contributed by atoms with E-state index >= 15 is 0 Å². The Morgan fingerprint density at radius 2 is 1.84 bits per heavy atom. The zero-order chi connectivity index (χ0) is 27.2. The number of carbonyl (C=O) groups is 1. The first-order chi connectivity index (χ1) is 18.0. The van der Waals surface area contributed by atoms with Gasteiger partial charge in [-0.3, -0.25) is 9.88 Å². The smallest absolute Gasteiger partial charge is 0.410 e. The standard InChI is InChI=1S/C30H37N5O3/c1-20-9-10-22-23(16-20)24(30(5,37)25-18-31-19-33(25)6)17-21-8-7-11-32-26(21)27(22)34-12-14-35(15-13-34)28(36)38-29(2,3)4/h7-11,16-19,27,37H,12-15H2,1-6H3/t27-,30-/m0/s1. The fourth-order valence-electron chi connectivity index (χ4n) is 5.53. The van der Waals surface area contributed by atoms with Gasteiger partial charge in [0.05, 0.1) is 30.0 Å². The van der Waals surface area contributed by atoms with Crippen LogP contribution in [0.2, 0.25) is 0 Å². The molecule has 3 aromatic rings. The van der Waals surface area contributed by atoms with Crippen LogP contribution in [0.5, 0.6) is 0 Å². The highest BCUT2D eigenvalue weighted by Crippen LogP contribution is 2.46. The molecule has 1 aliphatic heterocycles. The number of benzene rings is 1. The summed E-state index contributed by atoms with van der Waals surface area (Å²) in [6, 6.07) is 10.3. The number of imidazole rings is 1. The third-order valence-corrected chi connectivity index (χ3v) is 7.39. The van der Waals surface area contributed by atoms with Crippen LogP contribution in [-0.2, 0) is 17.4 Å². The van der Waals surface area contributed by atoms with Crippen molar-refractivity contribution in [3.63, 3.8) is 0 Å². The first-order valence-electron chi connectivity index (χ1n) is 13.1. The van der Waals surface area contributed by atoms with E-state index < -0.39 is 11.2 Å². The highest BCUT2D eigenvalue weighted by Gasteiger charge is 2.39. The second-order valence-electron chi connectivity index (χ2n) is 11.5. The summed E-state index contributed by atoms with van der Waals surface area (Å²) in [5.74, 6) is 0. The van der Waals surface area contributed by atoms with Crippen LogP contribution < -0.4 is 0 Å². The molecule has 0 saturated carbocycles. The second kappa shape index (κ2) is 9.67. The number of carbonyl (C=O) groups excluding carboxylic acids is 1. The summed E-state index contributed by atoms with van der Waals surface area (Å²) >= 11 is 0. The molecule has 8 heteroatoms. The number of hydrogen-bond acceptors (Lipinski definition) is 6. The maximum atomic E-state index is 12.7. The van der Waals surface area contributed by atoms with Gasteiger partial charge in [0.1, 0.15) is 11.2 Å². The van der Waals surface area contributed by atoms with E-state index in [4.69, 9.17) is 9.72 Å². The fraction of sp³-hybridized carbons (Fsp3) is 0.433. The maximum absolute atomic E-state index is 12.7. The monoisotopic (exact) mass is 515 g/mol. The number of aliphatic hydroxyl groups is 1. The number of pyridine rings is 1. The largest absolute Gasteiger partial charge is 0.444 e. The zero-order valence-electron chi connectivity index (χ0n) is 23.1. The van der Waals surface area contributed by atoms with Crippen LogP contribution in [-0.4, -0.2) is 67.3 Å². The molecule has 1 amide bonds. The summed E-state index contributed by atoms with van der Waals surface area (Å²) in [6.45, 7) is 12.1. The van der Waals surface area contributed by atoms with E-state index in [0.29, 0.717) is 31.9 Å². The van der Waals surface area contributed by atoms with Crippen molar-refractivity contribution in [2.24, 2.45) is 7.05 Å². The van der Waals surface area contributed by atoms with Crippen LogP contribution in [0, 0.1) is 6.92 Å². The number of fused-ring (bicyclic) bond motifs is 2. The number of amides is 1. The molecule has 200 valence electrons. The van der Waals surface area contributed by atoms with E-state index in [1.165, 1.54) is 0 Å². The van der Waals surface area contributed by atoms with E-state index in [0.717, 1.165) is 33.5 Å². The Kier molecular flexibility index (Phi) is 6.65. The zero-order valence-corrected chi connectivity index (χ0v) is 23.1. The van der Waals surface area contributed by atoms with Crippen molar-refractivity contribution in [1.82, 2.24) is 24.3 Å². The van der Waals surface area contributed by atoms with Gasteiger partial charge in [-0.2, -0.15) is 0 Å². The van der Waals surface area contributed by atoms with Gasteiger partial charge in [0.25, 0.3) is 0 Å². The third-order valence-electron chi connectivity index (χ3n) is 7.39. The lowest BCUT2D eigenvalue weighted by atomic mass is 9.83. The first-order valence-corrected chi connectivity index (χ1v) is 13.1. The molecule has 1 N–H and O–H groups in total. The predicted molar refractivity (Wildman–Crippen MR) is 147 cm³/mol. The van der Waals surface area contributed by atoms with Gasteiger partial charge < -0.3 is 19.3 Å². The van der Waals surface area contributed by atoms with Gasteiger partial charge in [0, 0.05) is 39.4 Å². The van der Waals surface area contributed by atoms with Crippen LogP contribution in [0.4, 0.5) is 4.79 Å². The van der Waals surface area contributed by atoms with E-state index in [1.807, 2.05) is 51.6 Å². The molecule has 0 unspecified atom stereocenters. The van der Waals surface area contributed by atoms with Gasteiger partial charge in [-0.15, -0.1) is 0 Å². The number of hydrogen-bond donors (Lipinski definition) is 1. The molecule has 2 atom stereocenters. The van der Waals surface area contributed by atoms with E-state index in [2.05, 4.69) is 47.1 Å². The van der Waals surface area contributed by atoms with Crippen molar-refractivity contribution in [2.45, 2.75) is 51.9 Å². The molecule has 1 aliphatic carbocycles. The quantitative estimate of drug-likeness (QED) is 0.552. The fourth-order valence-corrected chi connectivity index (χ4v) is 5.53. The Balaban J connectivity index is 1.57. The molecule has 3 heterocycles. The van der Waals surface area contributed by atoms with Crippen molar-refractivity contribution < 1.29 is 14.6 Å². The molecule has 5 rings (SSSR count). The van der Waals surface area contributed by atoms with Gasteiger partial charge in [0.2, 0.25) is 0 Å². The Morgan fingerprint density at radius 1 is 1.11 bits per heavy atom. The molecule has 2 aromatic heterocycles. The maximum Gasteiger partial charge on any atom is 0.410 e. The number of nitrogens with zero attached hydrogens (tertiary/aromatic N) is 5. The molecule has 8 nitrogen and oxygen atoms in total. The SMILES string of the molecule is Cc1ccc2c(c1)C([C@](C)(O)c1cncn1C)=Cc1cccnc1[C@H]2N1CCN(C(=O)OC(C)(C)C)CC1. The first kappa shape index (κ1) is 26.1. The number of aromatic nitrogens is 3. The molecule has 1 fully saturated rings. The van der Waals surface area contributed by atoms with Crippen molar-refractivity contribution in [3.8, 4) is 0 Å². The Labute approximate surface area is 224 Å². The van der Waals surface area contributed by atoms with Crippen molar-refractivity contribution in [2.75, 3.05) is 26.2 Å². The summed E-state index contributed by atoms with van der Waals surface area (Å²) in [5.41, 5.74) is 4.82. The topological polar surface area (TPSA) is 83.7 Å². The Morgan fingerprint density at radius 3 is 2.50 bits per heavy atom. The summed E-state index contributed by atoms with van der Waals surface area (Å²) < 4.78 is 7.47. The molecule has 38 heavy (non-hydrogen) atoms. The van der Waals surface area contributed by atoms with E-state index in [-0.39, 0.29) is 12.1 Å². The van der Waals surface area contributed by atoms with Gasteiger partial charge in [-0.25, -0.2) is 9.78 Å². The average Bonchev–Trinajstić information content (AvgIpc) is 3.24. The van der Waals surface area contributed by atoms with Crippen LogP contribution in [0.1, 0.15) is 67.4 Å². The number of rotatable bonds is 3. The highest BCUT2D eigenvalue weighted by atomic mass is 16.6. The van der Waals surface area contributed by atoms with Crippen LogP contribution in [0.3, 0.4) is 0 Å². The van der Waals surface area contributed by atoms with Crippen LogP contribution in [0.25, 0.3) is 11.6 Å². The molecule has 1 aromatic carbocycles. The summed E-state index contributed by atoms with van der Waals surface area (Å²) in [4.78, 5) is 26.0. The van der Waals surface area contributed by atoms with E-state index in [9.17, 15) is 9.90 Å². The molecule has 1 saturated heterocycles. The Bertz CT molecular complexity index is 1380. The highest BCUT2D eigenvalue weighted by molar-refractivity contribution is 5.90. The molecule has 0 radical (unpaired) electrons. The van der Waals surface area contributed by atoms with Crippen molar-refractivity contribution >= 4 is 17.7 Å². The molecular formula is C30H37N5O3. The minimum atomic E-state index is -1.29. The number of piperazine rings is 1. The van der Waals surface area contributed by atoms with Crippen LogP contribution in [0.15, 0.2) is 49.1 Å². The Hall–Kier alpha value is -3.49. The van der Waals surface area contributed by atoms with Crippen molar-refractivity contribution in [3.05, 3.63) is 82.7 Å². The minimum Gasteiger partial charge on any atom is -0.444 e. The normalized spacial score (nSPS) is 19.6. The lowest BCUT2D eigenvalue weighted by Crippen LogP contribution is -2.51. The number of ether oxygens (including phenoxy) is 1. The predicted octanol–water partition coefficient (Wildman–Crippen LogP) is 4.53. The van der Waals surface area contributed by atoms with Gasteiger partial charge >= 0.3 is 6.09 Å². The van der Waals surface area contributed by atoms with E-state index in [1.54, 1.807) is 17.4 Å². The summed E-state index contributed by atoms with van der Waals surface area (Å²) in [7, 11) is 1.90. The molecule has 2 aliphatic rings. The lowest BCUT2D eigenvalue weighted by molar-refractivity contribution is 0.0117. The summed E-state index contributed by atoms with van der Waals surface area (Å²) in [5, 5.41) is 12.0. The molecule has 0 bridgehead atoms. The third kappa shape index (κ3) is 4.86. The van der Waals surface area contributed by atoms with Crippen molar-refractivity contribution in [1.29, 1.82) is 0 Å². The summed E-state index contributed by atoms with van der Waals surface area (Å²) in [6.07, 6.45) is 7.06. The number of aryl methyl sites for hydroxylation is 2. The minimum absolute atomic E-state index is 0.126. The van der Waals surface area contributed by atoms with Gasteiger partial charge in [-0.05, 0) is 69.0 Å². The lowest BCUT2D eigenvalue weighted by Gasteiger charge is -2.40. The van der Waals surface area contributed by atoms with Gasteiger partial charge in [-0.1, -0.05) is 29.8 Å². The molecule has 0 spiro atoms. The average molecular weight is 516 g/mol. The second-order valence-corrected chi connectivity index (χ2v) is 11.5. The van der Waals surface area contributed by atoms with Crippen LogP contribution >= 0.6 is 0 Å². The molecular weight excluding hydrogens is 478 g/mol.